The van der Waals surface area contributed by atoms with Crippen LogP contribution in [0, 0.1) is 0 Å². The molecule has 0 bridgehead atoms. The zero-order chi connectivity index (χ0) is 9.23. The monoisotopic (exact) mass is 168 g/mol. The highest BCUT2D eigenvalue weighted by molar-refractivity contribution is 5.81. The normalized spacial score (nSPS) is 10.1. The second-order valence-corrected chi connectivity index (χ2v) is 2.45. The number of allylic oxidation sites excluding steroid dienone is 1. The van der Waals surface area contributed by atoms with Crippen molar-refractivity contribution in [3.8, 4) is 0 Å². The van der Waals surface area contributed by atoms with E-state index in [4.69, 9.17) is 4.74 Å². The van der Waals surface area contributed by atoms with Gasteiger partial charge in [-0.1, -0.05) is 38.5 Å². The van der Waals surface area contributed by atoms with Gasteiger partial charge in [0.15, 0.2) is 0 Å². The lowest BCUT2D eigenvalue weighted by Crippen LogP contribution is -1.98. The van der Waals surface area contributed by atoms with Gasteiger partial charge in [0, 0.05) is 6.08 Å². The summed E-state index contributed by atoms with van der Waals surface area (Å²) in [6.07, 6.45) is 8.49. The number of carbonyl (C=O) groups is 1. The maximum absolute atomic E-state index is 10.5. The van der Waals surface area contributed by atoms with E-state index in [1.165, 1.54) is 18.9 Å². The molecule has 0 heterocycles. The van der Waals surface area contributed by atoms with Gasteiger partial charge in [0.05, 0.1) is 0 Å². The predicted octanol–water partition coefficient (Wildman–Crippen LogP) is 2.46. The fraction of sp³-hybridized carbons (Fsp3) is 0.500. The molecule has 0 aromatic carbocycles. The number of rotatable bonds is 6. The number of esters is 1. The van der Waals surface area contributed by atoms with Gasteiger partial charge in [-0.25, -0.2) is 4.79 Å². The van der Waals surface area contributed by atoms with Crippen LogP contribution in [0.4, 0.5) is 0 Å². The van der Waals surface area contributed by atoms with Gasteiger partial charge in [-0.05, 0) is 6.42 Å². The van der Waals surface area contributed by atoms with Gasteiger partial charge in [-0.3, -0.25) is 0 Å². The van der Waals surface area contributed by atoms with Crippen LogP contribution in [0.5, 0.6) is 0 Å². The molecule has 0 N–H and O–H groups in total. The van der Waals surface area contributed by atoms with Gasteiger partial charge in [-0.15, -0.1) is 0 Å². The highest BCUT2D eigenvalue weighted by Gasteiger charge is 1.89. The van der Waals surface area contributed by atoms with Crippen LogP contribution in [-0.4, -0.2) is 12.6 Å². The molecular weight excluding hydrogens is 152 g/mol. The number of hydrogen-bond donors (Lipinski definition) is 0. The molecule has 0 unspecified atom stereocenters. The summed E-state index contributed by atoms with van der Waals surface area (Å²) in [5, 5.41) is 0. The van der Waals surface area contributed by atoms with Gasteiger partial charge in [0.25, 0.3) is 0 Å². The Morgan fingerprint density at radius 1 is 1.50 bits per heavy atom. The van der Waals surface area contributed by atoms with E-state index in [-0.39, 0.29) is 5.97 Å². The van der Waals surface area contributed by atoms with Crippen LogP contribution in [0.25, 0.3) is 0 Å². The molecule has 2 heteroatoms. The van der Waals surface area contributed by atoms with Crippen molar-refractivity contribution >= 4 is 5.97 Å². The zero-order valence-electron chi connectivity index (χ0n) is 7.58. The van der Waals surface area contributed by atoms with Crippen molar-refractivity contribution < 1.29 is 9.53 Å². The lowest BCUT2D eigenvalue weighted by atomic mass is 10.2. The zero-order valence-corrected chi connectivity index (χ0v) is 7.58. The van der Waals surface area contributed by atoms with Crippen LogP contribution in [0.15, 0.2) is 24.8 Å². The highest BCUT2D eigenvalue weighted by atomic mass is 16.5. The van der Waals surface area contributed by atoms with Crippen LogP contribution in [0.2, 0.25) is 0 Å². The van der Waals surface area contributed by atoms with E-state index in [0.717, 1.165) is 6.42 Å². The Kier molecular flexibility index (Phi) is 7.35. The van der Waals surface area contributed by atoms with Crippen molar-refractivity contribution in [1.82, 2.24) is 0 Å². The van der Waals surface area contributed by atoms with E-state index in [2.05, 4.69) is 13.5 Å². The first-order valence-electron chi connectivity index (χ1n) is 4.25. The average molecular weight is 168 g/mol. The van der Waals surface area contributed by atoms with E-state index in [9.17, 15) is 4.79 Å². The standard InChI is InChI=1S/C10H16O2/c1-3-5-6-7-8-9-12-10(11)4-2/h4,7-8H,2-3,5-6,9H2,1H3. The van der Waals surface area contributed by atoms with Crippen molar-refractivity contribution in [3.63, 3.8) is 0 Å². The summed E-state index contributed by atoms with van der Waals surface area (Å²) < 4.78 is 4.73. The lowest BCUT2D eigenvalue weighted by Gasteiger charge is -1.94. The summed E-state index contributed by atoms with van der Waals surface area (Å²) in [4.78, 5) is 10.5. The molecule has 0 spiro atoms. The Morgan fingerprint density at radius 3 is 2.83 bits per heavy atom. The molecule has 2 nitrogen and oxygen atoms in total. The minimum Gasteiger partial charge on any atom is -0.458 e. The van der Waals surface area contributed by atoms with E-state index >= 15 is 0 Å². The molecule has 0 aliphatic carbocycles. The van der Waals surface area contributed by atoms with E-state index < -0.39 is 0 Å². The highest BCUT2D eigenvalue weighted by Crippen LogP contribution is 1.94. The SMILES string of the molecule is C=CC(=O)OCC=CCCCC. The molecule has 0 fully saturated rings. The quantitative estimate of drug-likeness (QED) is 0.263. The summed E-state index contributed by atoms with van der Waals surface area (Å²) in [6, 6.07) is 0. The van der Waals surface area contributed by atoms with Gasteiger partial charge in [0.1, 0.15) is 6.61 Å². The molecule has 0 saturated carbocycles. The molecule has 0 aliphatic rings. The number of carbonyl (C=O) groups excluding carboxylic acids is 1. The first-order chi connectivity index (χ1) is 5.81. The Bertz CT molecular complexity index is 159. The van der Waals surface area contributed by atoms with Gasteiger partial charge >= 0.3 is 5.97 Å². The summed E-state index contributed by atoms with van der Waals surface area (Å²) in [5.74, 6) is -0.366. The van der Waals surface area contributed by atoms with Crippen molar-refractivity contribution in [1.29, 1.82) is 0 Å². The van der Waals surface area contributed by atoms with Crippen LogP contribution in [-0.2, 0) is 9.53 Å². The summed E-state index contributed by atoms with van der Waals surface area (Å²) >= 11 is 0. The minimum atomic E-state index is -0.366. The Morgan fingerprint density at radius 2 is 2.25 bits per heavy atom. The number of unbranched alkanes of at least 4 members (excludes halogenated alkanes) is 2. The maximum atomic E-state index is 10.5. The third kappa shape index (κ3) is 7.06. The van der Waals surface area contributed by atoms with Crippen molar-refractivity contribution in [2.45, 2.75) is 26.2 Å². The first-order valence-corrected chi connectivity index (χ1v) is 4.25. The molecule has 0 rings (SSSR count). The van der Waals surface area contributed by atoms with Crippen LogP contribution >= 0.6 is 0 Å². The first kappa shape index (κ1) is 11.0. The molecule has 0 saturated heterocycles. The van der Waals surface area contributed by atoms with Gasteiger partial charge in [-0.2, -0.15) is 0 Å². The Balaban J connectivity index is 3.24. The van der Waals surface area contributed by atoms with Crippen molar-refractivity contribution in [2.75, 3.05) is 6.61 Å². The fourth-order valence-corrected chi connectivity index (χ4v) is 0.697. The summed E-state index contributed by atoms with van der Waals surface area (Å²) in [5.41, 5.74) is 0. The second-order valence-electron chi connectivity index (χ2n) is 2.45. The largest absolute Gasteiger partial charge is 0.458 e. The molecule has 0 aliphatic heterocycles. The van der Waals surface area contributed by atoms with E-state index in [1.54, 1.807) is 0 Å². The summed E-state index contributed by atoms with van der Waals surface area (Å²) in [6.45, 7) is 5.79. The van der Waals surface area contributed by atoms with Gasteiger partial charge < -0.3 is 4.74 Å². The number of hydrogen-bond acceptors (Lipinski definition) is 2. The second kappa shape index (κ2) is 8.05. The topological polar surface area (TPSA) is 26.3 Å². The third-order valence-corrected chi connectivity index (χ3v) is 1.38. The maximum Gasteiger partial charge on any atom is 0.330 e. The van der Waals surface area contributed by atoms with Gasteiger partial charge in [0.2, 0.25) is 0 Å². The molecule has 68 valence electrons. The van der Waals surface area contributed by atoms with E-state index in [0.29, 0.717) is 6.61 Å². The van der Waals surface area contributed by atoms with Crippen LogP contribution < -0.4 is 0 Å². The molecule has 0 amide bonds. The average Bonchev–Trinajstić information content (AvgIpc) is 2.10. The van der Waals surface area contributed by atoms with Crippen molar-refractivity contribution in [3.05, 3.63) is 24.8 Å². The molecule has 0 aromatic heterocycles. The third-order valence-electron chi connectivity index (χ3n) is 1.38. The Hall–Kier alpha value is -1.05. The molecular formula is C10H16O2. The van der Waals surface area contributed by atoms with Crippen LogP contribution in [0.1, 0.15) is 26.2 Å². The molecule has 12 heavy (non-hydrogen) atoms. The minimum absolute atomic E-state index is 0.356. The lowest BCUT2D eigenvalue weighted by molar-refractivity contribution is -0.136. The van der Waals surface area contributed by atoms with Crippen molar-refractivity contribution in [2.24, 2.45) is 0 Å². The Labute approximate surface area is 73.9 Å². The molecule has 0 aromatic rings. The van der Waals surface area contributed by atoms with E-state index in [1.807, 2.05) is 12.2 Å². The summed E-state index contributed by atoms with van der Waals surface area (Å²) in [7, 11) is 0. The predicted molar refractivity (Wildman–Crippen MR) is 49.8 cm³/mol. The molecule has 0 radical (unpaired) electrons. The smallest absolute Gasteiger partial charge is 0.330 e. The molecule has 0 atom stereocenters. The van der Waals surface area contributed by atoms with Crippen LogP contribution in [0.3, 0.4) is 0 Å². The fourth-order valence-electron chi connectivity index (χ4n) is 0.697. The number of ether oxygens (including phenoxy) is 1.